The second kappa shape index (κ2) is 13.6. The molecule has 0 bridgehead atoms. The van der Waals surface area contributed by atoms with E-state index >= 15 is 13.2 Å². The lowest BCUT2D eigenvalue weighted by Gasteiger charge is -2.16. The summed E-state index contributed by atoms with van der Waals surface area (Å²) >= 11 is 0. The molecule has 10 nitrogen and oxygen atoms in total. The van der Waals surface area contributed by atoms with Crippen molar-refractivity contribution in [1.29, 1.82) is 0 Å². The van der Waals surface area contributed by atoms with Gasteiger partial charge in [0, 0.05) is 32.7 Å². The van der Waals surface area contributed by atoms with Crippen LogP contribution in [0.2, 0.25) is 25.7 Å². The van der Waals surface area contributed by atoms with Gasteiger partial charge in [-0.15, -0.1) is 0 Å². The van der Waals surface area contributed by atoms with Crippen LogP contribution in [0.3, 0.4) is 0 Å². The minimum absolute atomic E-state index is 0.0277. The average Bonchev–Trinajstić information content (AvgIpc) is 3.36. The van der Waals surface area contributed by atoms with Crippen molar-refractivity contribution in [3.8, 4) is 11.1 Å². The molecule has 0 spiro atoms. The zero-order chi connectivity index (χ0) is 34.0. The van der Waals surface area contributed by atoms with Crippen molar-refractivity contribution in [2.24, 2.45) is 0 Å². The molecule has 246 valence electrons. The van der Waals surface area contributed by atoms with Gasteiger partial charge < -0.3 is 14.8 Å². The van der Waals surface area contributed by atoms with Gasteiger partial charge in [0.2, 0.25) is 0 Å². The van der Waals surface area contributed by atoms with Gasteiger partial charge in [0.05, 0.1) is 29.7 Å². The van der Waals surface area contributed by atoms with Crippen LogP contribution in [0.4, 0.5) is 23.2 Å². The predicted molar refractivity (Wildman–Crippen MR) is 165 cm³/mol. The number of anilines is 1. The Morgan fingerprint density at radius 2 is 1.72 bits per heavy atom. The Balaban J connectivity index is 1.77. The largest absolute Gasteiger partial charge is 0.469 e. The second-order valence-electron chi connectivity index (χ2n) is 11.5. The molecule has 0 aliphatic heterocycles. The Morgan fingerprint density at radius 3 is 2.37 bits per heavy atom. The molecule has 46 heavy (non-hydrogen) atoms. The fraction of sp³-hybridized carbons (Fsp3) is 0.300. The Kier molecular flexibility index (Phi) is 10.2. The van der Waals surface area contributed by atoms with E-state index in [4.69, 9.17) is 4.74 Å². The quantitative estimate of drug-likeness (QED) is 0.0882. The van der Waals surface area contributed by atoms with Gasteiger partial charge in [-0.2, -0.15) is 5.10 Å². The summed E-state index contributed by atoms with van der Waals surface area (Å²) < 4.78 is 101. The number of amides is 1. The van der Waals surface area contributed by atoms with Crippen LogP contribution in [-0.2, 0) is 37.4 Å². The summed E-state index contributed by atoms with van der Waals surface area (Å²) in [5, 5.41) is 6.66. The highest BCUT2D eigenvalue weighted by molar-refractivity contribution is 7.92. The first-order valence-electron chi connectivity index (χ1n) is 13.9. The third kappa shape index (κ3) is 7.56. The molecular weight excluding hydrogens is 648 g/mol. The number of carbonyl (C=O) groups is 2. The van der Waals surface area contributed by atoms with Crippen molar-refractivity contribution in [1.82, 2.24) is 15.1 Å². The van der Waals surface area contributed by atoms with E-state index in [9.17, 15) is 22.4 Å². The zero-order valence-corrected chi connectivity index (χ0v) is 27.5. The van der Waals surface area contributed by atoms with Crippen LogP contribution in [-0.4, -0.2) is 58.9 Å². The first-order valence-corrected chi connectivity index (χ1v) is 19.1. The minimum Gasteiger partial charge on any atom is -0.469 e. The van der Waals surface area contributed by atoms with E-state index in [-0.39, 0.29) is 28.9 Å². The fourth-order valence-corrected chi connectivity index (χ4v) is 6.43. The molecule has 16 heteroatoms. The van der Waals surface area contributed by atoms with E-state index in [0.29, 0.717) is 12.7 Å². The van der Waals surface area contributed by atoms with E-state index in [1.54, 1.807) is 0 Å². The zero-order valence-electron chi connectivity index (χ0n) is 25.6. The van der Waals surface area contributed by atoms with Crippen molar-refractivity contribution in [2.45, 2.75) is 43.7 Å². The van der Waals surface area contributed by atoms with Crippen LogP contribution in [0.5, 0.6) is 0 Å². The SMILES string of the molecule is CNC(=O)c1nn(COCC[Si](C)(C)C)c2c(F)c(-c3c(F)ccc(NS(=O)(=O)c4cc(F)cc(CC(=O)OC)c4)c3F)ccc12. The van der Waals surface area contributed by atoms with E-state index < -0.39 is 81.4 Å². The van der Waals surface area contributed by atoms with Crippen LogP contribution in [0.15, 0.2) is 47.4 Å². The topological polar surface area (TPSA) is 129 Å². The van der Waals surface area contributed by atoms with Crippen molar-refractivity contribution >= 4 is 46.6 Å². The molecule has 2 N–H and O–H groups in total. The number of sulfonamides is 1. The number of carbonyl (C=O) groups excluding carboxylic acids is 2. The Hall–Kier alpha value is -4.28. The number of fused-ring (bicyclic) bond motifs is 1. The van der Waals surface area contributed by atoms with Gasteiger partial charge in [-0.1, -0.05) is 25.7 Å². The standard InChI is InChI=1S/C30H32F4N4O6SSi/c1-35-30(40)28-21-7-6-20(26(33)29(21)38(36-28)16-44-10-11-46(3,4)5)25-22(32)8-9-23(27(25)34)37-45(41,42)19-13-17(12-18(31)15-19)14-24(39)43-2/h6-9,12-13,15,37H,10-11,14,16H2,1-5H3,(H,35,40). The van der Waals surface area contributed by atoms with E-state index in [1.165, 1.54) is 13.1 Å². The highest BCUT2D eigenvalue weighted by Crippen LogP contribution is 2.37. The van der Waals surface area contributed by atoms with Crippen molar-refractivity contribution in [3.63, 3.8) is 0 Å². The van der Waals surface area contributed by atoms with Crippen LogP contribution in [0, 0.1) is 23.3 Å². The molecular formula is C30H32F4N4O6SSi. The number of nitrogens with zero attached hydrogens (tertiary/aromatic N) is 2. The highest BCUT2D eigenvalue weighted by atomic mass is 32.2. The number of rotatable bonds is 12. The number of hydrogen-bond donors (Lipinski definition) is 2. The lowest BCUT2D eigenvalue weighted by Crippen LogP contribution is -2.22. The summed E-state index contributed by atoms with van der Waals surface area (Å²) in [6.07, 6.45) is -0.435. The second-order valence-corrected chi connectivity index (χ2v) is 18.8. The molecule has 0 unspecified atom stereocenters. The first-order chi connectivity index (χ1) is 21.6. The van der Waals surface area contributed by atoms with Gasteiger partial charge in [-0.25, -0.2) is 30.7 Å². The summed E-state index contributed by atoms with van der Waals surface area (Å²) in [6, 6.07) is 7.22. The van der Waals surface area contributed by atoms with E-state index in [2.05, 4.69) is 34.8 Å². The Morgan fingerprint density at radius 1 is 1.00 bits per heavy atom. The maximum atomic E-state index is 16.2. The molecule has 1 heterocycles. The Labute approximate surface area is 263 Å². The van der Waals surface area contributed by atoms with Gasteiger partial charge in [-0.05, 0) is 48.0 Å². The van der Waals surface area contributed by atoms with E-state index in [1.807, 2.05) is 4.72 Å². The molecule has 1 amide bonds. The molecule has 0 radical (unpaired) electrons. The number of methoxy groups -OCH3 is 1. The average molecular weight is 681 g/mol. The number of halogens is 4. The van der Waals surface area contributed by atoms with Gasteiger partial charge in [0.1, 0.15) is 23.9 Å². The number of hydrogen-bond acceptors (Lipinski definition) is 7. The van der Waals surface area contributed by atoms with Crippen LogP contribution >= 0.6 is 0 Å². The van der Waals surface area contributed by atoms with Gasteiger partial charge in [-0.3, -0.25) is 14.3 Å². The molecule has 0 fully saturated rings. The van der Waals surface area contributed by atoms with Crippen molar-refractivity contribution in [3.05, 3.63) is 77.0 Å². The normalized spacial score (nSPS) is 11.9. The maximum Gasteiger partial charge on any atom is 0.309 e. The summed E-state index contributed by atoms with van der Waals surface area (Å²) in [7, 11) is -3.68. The number of esters is 1. The van der Waals surface area contributed by atoms with Crippen LogP contribution < -0.4 is 10.0 Å². The molecule has 0 aliphatic rings. The molecule has 0 aliphatic carbocycles. The Bertz CT molecular complexity index is 1930. The summed E-state index contributed by atoms with van der Waals surface area (Å²) in [6.45, 7) is 6.52. The van der Waals surface area contributed by atoms with Crippen molar-refractivity contribution in [2.75, 3.05) is 25.5 Å². The summed E-state index contributed by atoms with van der Waals surface area (Å²) in [5.74, 6) is -6.18. The summed E-state index contributed by atoms with van der Waals surface area (Å²) in [4.78, 5) is 23.5. The van der Waals surface area contributed by atoms with Crippen LogP contribution in [0.1, 0.15) is 16.1 Å². The predicted octanol–water partition coefficient (Wildman–Crippen LogP) is 5.45. The molecule has 1 aromatic heterocycles. The third-order valence-electron chi connectivity index (χ3n) is 6.92. The smallest absolute Gasteiger partial charge is 0.309 e. The summed E-state index contributed by atoms with van der Waals surface area (Å²) in [5.41, 5.74) is -2.67. The minimum atomic E-state index is -4.69. The fourth-order valence-electron chi connectivity index (χ4n) is 4.53. The molecule has 0 saturated carbocycles. The third-order valence-corrected chi connectivity index (χ3v) is 9.97. The molecule has 0 atom stereocenters. The molecule has 3 aromatic carbocycles. The number of nitrogens with one attached hydrogen (secondary N) is 2. The van der Waals surface area contributed by atoms with E-state index in [0.717, 1.165) is 48.2 Å². The number of benzene rings is 3. The van der Waals surface area contributed by atoms with Gasteiger partial charge in [0.15, 0.2) is 17.3 Å². The first kappa shape index (κ1) is 34.6. The lowest BCUT2D eigenvalue weighted by molar-refractivity contribution is -0.139. The lowest BCUT2D eigenvalue weighted by atomic mass is 10.0. The molecule has 4 aromatic rings. The monoisotopic (exact) mass is 680 g/mol. The van der Waals surface area contributed by atoms with Gasteiger partial charge in [0.25, 0.3) is 15.9 Å². The number of aromatic nitrogens is 2. The number of ether oxygens (including phenoxy) is 2. The van der Waals surface area contributed by atoms with Crippen LogP contribution in [0.25, 0.3) is 22.0 Å². The maximum absolute atomic E-state index is 16.2. The van der Waals surface area contributed by atoms with Gasteiger partial charge >= 0.3 is 5.97 Å². The molecule has 4 rings (SSSR count). The highest BCUT2D eigenvalue weighted by Gasteiger charge is 2.27. The molecule has 0 saturated heterocycles. The van der Waals surface area contributed by atoms with Crippen molar-refractivity contribution < 1.29 is 45.0 Å².